The van der Waals surface area contributed by atoms with E-state index in [0.29, 0.717) is 6.42 Å². The first-order valence-corrected chi connectivity index (χ1v) is 7.18. The molecule has 2 heteroatoms. The first-order chi connectivity index (χ1) is 9.79. The molecule has 2 aromatic carbocycles. The summed E-state index contributed by atoms with van der Waals surface area (Å²) in [6.45, 7) is 1.88. The Morgan fingerprint density at radius 2 is 1.60 bits per heavy atom. The highest BCUT2D eigenvalue weighted by molar-refractivity contribution is 5.76. The third-order valence-corrected chi connectivity index (χ3v) is 3.42. The highest BCUT2D eigenvalue weighted by Crippen LogP contribution is 2.19. The van der Waals surface area contributed by atoms with Crippen LogP contribution in [-0.2, 0) is 11.2 Å². The van der Waals surface area contributed by atoms with Crippen LogP contribution in [0.25, 0.3) is 0 Å². The van der Waals surface area contributed by atoms with Crippen LogP contribution >= 0.6 is 0 Å². The number of hydrogen-bond acceptors (Lipinski definition) is 1. The second-order valence-corrected chi connectivity index (χ2v) is 4.91. The van der Waals surface area contributed by atoms with E-state index in [2.05, 4.69) is 41.7 Å². The number of benzene rings is 2. The Hall–Kier alpha value is -2.09. The first-order valence-electron chi connectivity index (χ1n) is 7.18. The molecule has 0 spiro atoms. The van der Waals surface area contributed by atoms with Gasteiger partial charge in [-0.3, -0.25) is 4.79 Å². The zero-order valence-corrected chi connectivity index (χ0v) is 11.9. The number of aryl methyl sites for hydroxylation is 1. The molecule has 0 heterocycles. The molecule has 0 unspecified atom stereocenters. The zero-order valence-electron chi connectivity index (χ0n) is 11.9. The largest absolute Gasteiger partial charge is 0.349 e. The van der Waals surface area contributed by atoms with E-state index >= 15 is 0 Å². The van der Waals surface area contributed by atoms with Gasteiger partial charge in [0, 0.05) is 6.42 Å². The van der Waals surface area contributed by atoms with Gasteiger partial charge in [0.2, 0.25) is 5.91 Å². The van der Waals surface area contributed by atoms with Crippen molar-refractivity contribution in [2.45, 2.75) is 32.2 Å². The number of carbonyl (C=O) groups is 1. The summed E-state index contributed by atoms with van der Waals surface area (Å²) in [5.41, 5.74) is 2.48. The van der Waals surface area contributed by atoms with Crippen LogP contribution in [0.5, 0.6) is 0 Å². The molecule has 0 fully saturated rings. The van der Waals surface area contributed by atoms with Crippen LogP contribution in [0.3, 0.4) is 0 Å². The third-order valence-electron chi connectivity index (χ3n) is 3.42. The van der Waals surface area contributed by atoms with Crippen molar-refractivity contribution in [2.24, 2.45) is 0 Å². The van der Waals surface area contributed by atoms with Gasteiger partial charge in [0.05, 0.1) is 6.04 Å². The van der Waals surface area contributed by atoms with Gasteiger partial charge >= 0.3 is 0 Å². The Morgan fingerprint density at radius 3 is 2.20 bits per heavy atom. The molecular formula is C18H21NO. The van der Waals surface area contributed by atoms with E-state index in [0.717, 1.165) is 12.8 Å². The Balaban J connectivity index is 2.05. The number of nitrogens with one attached hydrogen (secondary N) is 1. The molecule has 1 amide bonds. The van der Waals surface area contributed by atoms with Crippen molar-refractivity contribution >= 4 is 5.91 Å². The SMILES string of the molecule is CCC(=O)N[C@@H](CCc1ccccc1)c1ccccc1. The topological polar surface area (TPSA) is 29.1 Å². The van der Waals surface area contributed by atoms with Gasteiger partial charge in [0.1, 0.15) is 0 Å². The zero-order chi connectivity index (χ0) is 14.2. The highest BCUT2D eigenvalue weighted by Gasteiger charge is 2.13. The van der Waals surface area contributed by atoms with E-state index in [1.165, 1.54) is 11.1 Å². The second-order valence-electron chi connectivity index (χ2n) is 4.91. The lowest BCUT2D eigenvalue weighted by Gasteiger charge is -2.19. The fraction of sp³-hybridized carbons (Fsp3) is 0.278. The normalized spacial score (nSPS) is 11.8. The van der Waals surface area contributed by atoms with Gasteiger partial charge in [-0.05, 0) is 24.0 Å². The molecule has 0 bridgehead atoms. The van der Waals surface area contributed by atoms with Crippen molar-refractivity contribution in [3.63, 3.8) is 0 Å². The maximum Gasteiger partial charge on any atom is 0.220 e. The van der Waals surface area contributed by atoms with Crippen LogP contribution in [-0.4, -0.2) is 5.91 Å². The number of hydrogen-bond donors (Lipinski definition) is 1. The molecule has 0 saturated carbocycles. The number of carbonyl (C=O) groups excluding carboxylic acids is 1. The second kappa shape index (κ2) is 7.49. The quantitative estimate of drug-likeness (QED) is 0.845. The smallest absolute Gasteiger partial charge is 0.220 e. The van der Waals surface area contributed by atoms with Crippen LogP contribution in [0.15, 0.2) is 60.7 Å². The van der Waals surface area contributed by atoms with Crippen molar-refractivity contribution in [1.29, 1.82) is 0 Å². The fourth-order valence-electron chi connectivity index (χ4n) is 2.26. The number of amides is 1. The summed E-state index contributed by atoms with van der Waals surface area (Å²) in [6.07, 6.45) is 2.40. The molecule has 0 aliphatic rings. The first kappa shape index (κ1) is 14.3. The van der Waals surface area contributed by atoms with Gasteiger partial charge < -0.3 is 5.32 Å². The molecule has 0 radical (unpaired) electrons. The van der Waals surface area contributed by atoms with Crippen molar-refractivity contribution in [1.82, 2.24) is 5.32 Å². The molecule has 1 atom stereocenters. The van der Waals surface area contributed by atoms with Crippen LogP contribution in [0.2, 0.25) is 0 Å². The Bertz CT molecular complexity index is 522. The lowest BCUT2D eigenvalue weighted by molar-refractivity contribution is -0.121. The summed E-state index contributed by atoms with van der Waals surface area (Å²) < 4.78 is 0. The molecule has 0 aromatic heterocycles. The molecule has 2 rings (SSSR count). The number of rotatable bonds is 6. The third kappa shape index (κ3) is 4.23. The van der Waals surface area contributed by atoms with Gasteiger partial charge in [-0.2, -0.15) is 0 Å². The van der Waals surface area contributed by atoms with Crippen molar-refractivity contribution < 1.29 is 4.79 Å². The van der Waals surface area contributed by atoms with Gasteiger partial charge in [-0.1, -0.05) is 67.6 Å². The minimum Gasteiger partial charge on any atom is -0.349 e. The molecule has 1 N–H and O–H groups in total. The summed E-state index contributed by atoms with van der Waals surface area (Å²) in [6, 6.07) is 20.7. The molecule has 2 aromatic rings. The van der Waals surface area contributed by atoms with Crippen LogP contribution in [0, 0.1) is 0 Å². The van der Waals surface area contributed by atoms with Gasteiger partial charge in [0.25, 0.3) is 0 Å². The lowest BCUT2D eigenvalue weighted by Crippen LogP contribution is -2.28. The molecule has 104 valence electrons. The lowest BCUT2D eigenvalue weighted by atomic mass is 9.99. The van der Waals surface area contributed by atoms with E-state index in [1.807, 2.05) is 31.2 Å². The van der Waals surface area contributed by atoms with Crippen LogP contribution < -0.4 is 5.32 Å². The monoisotopic (exact) mass is 267 g/mol. The Kier molecular flexibility index (Phi) is 5.36. The Morgan fingerprint density at radius 1 is 1.00 bits per heavy atom. The molecular weight excluding hydrogens is 246 g/mol. The minimum absolute atomic E-state index is 0.0869. The molecule has 0 aliphatic carbocycles. The van der Waals surface area contributed by atoms with E-state index < -0.39 is 0 Å². The summed E-state index contributed by atoms with van der Waals surface area (Å²) >= 11 is 0. The van der Waals surface area contributed by atoms with Crippen molar-refractivity contribution in [3.8, 4) is 0 Å². The maximum absolute atomic E-state index is 11.7. The van der Waals surface area contributed by atoms with Crippen LogP contribution in [0.1, 0.15) is 36.9 Å². The van der Waals surface area contributed by atoms with E-state index in [1.54, 1.807) is 0 Å². The molecule has 2 nitrogen and oxygen atoms in total. The minimum atomic E-state index is 0.0869. The van der Waals surface area contributed by atoms with Crippen LogP contribution in [0.4, 0.5) is 0 Å². The fourth-order valence-corrected chi connectivity index (χ4v) is 2.26. The highest BCUT2D eigenvalue weighted by atomic mass is 16.1. The summed E-state index contributed by atoms with van der Waals surface area (Å²) in [7, 11) is 0. The van der Waals surface area contributed by atoms with Crippen molar-refractivity contribution in [3.05, 3.63) is 71.8 Å². The van der Waals surface area contributed by atoms with Crippen molar-refractivity contribution in [2.75, 3.05) is 0 Å². The van der Waals surface area contributed by atoms with E-state index in [9.17, 15) is 4.79 Å². The van der Waals surface area contributed by atoms with Gasteiger partial charge in [-0.25, -0.2) is 0 Å². The predicted octanol–water partition coefficient (Wildman–Crippen LogP) is 3.89. The molecule has 0 saturated heterocycles. The molecule has 20 heavy (non-hydrogen) atoms. The van der Waals surface area contributed by atoms with E-state index in [-0.39, 0.29) is 11.9 Å². The standard InChI is InChI=1S/C18H21NO/c1-2-18(20)19-17(16-11-7-4-8-12-16)14-13-15-9-5-3-6-10-15/h3-12,17H,2,13-14H2,1H3,(H,19,20)/t17-/m0/s1. The van der Waals surface area contributed by atoms with E-state index in [4.69, 9.17) is 0 Å². The summed E-state index contributed by atoms with van der Waals surface area (Å²) in [5.74, 6) is 0.104. The predicted molar refractivity (Wildman–Crippen MR) is 82.4 cm³/mol. The van der Waals surface area contributed by atoms with Gasteiger partial charge in [-0.15, -0.1) is 0 Å². The Labute approximate surface area is 120 Å². The average molecular weight is 267 g/mol. The molecule has 0 aliphatic heterocycles. The summed E-state index contributed by atoms with van der Waals surface area (Å²) in [4.78, 5) is 11.7. The summed E-state index contributed by atoms with van der Waals surface area (Å²) in [5, 5.41) is 3.11. The van der Waals surface area contributed by atoms with Gasteiger partial charge in [0.15, 0.2) is 0 Å². The average Bonchev–Trinajstić information content (AvgIpc) is 2.53. The maximum atomic E-state index is 11.7.